The zero-order chi connectivity index (χ0) is 14.4. The van der Waals surface area contributed by atoms with Gasteiger partial charge in [0.1, 0.15) is 5.75 Å². The highest BCUT2D eigenvalue weighted by atomic mass is 16.6. The summed E-state index contributed by atoms with van der Waals surface area (Å²) in [5, 5.41) is 3.34. The molecule has 2 atom stereocenters. The van der Waals surface area contributed by atoms with Gasteiger partial charge < -0.3 is 19.5 Å². The van der Waals surface area contributed by atoms with E-state index in [1.54, 1.807) is 0 Å². The predicted molar refractivity (Wildman–Crippen MR) is 76.0 cm³/mol. The molecule has 110 valence electrons. The van der Waals surface area contributed by atoms with E-state index in [9.17, 15) is 4.79 Å². The van der Waals surface area contributed by atoms with Crippen LogP contribution >= 0.6 is 0 Å². The summed E-state index contributed by atoms with van der Waals surface area (Å²) in [6, 6.07) is 7.49. The van der Waals surface area contributed by atoms with Gasteiger partial charge in [0, 0.05) is 12.2 Å². The Bertz CT molecular complexity index is 432. The first-order chi connectivity index (χ1) is 9.67. The van der Waals surface area contributed by atoms with Gasteiger partial charge in [-0.1, -0.05) is 0 Å². The second kappa shape index (κ2) is 7.14. The number of nitrogens with one attached hydrogen (secondary N) is 1. The number of benzene rings is 1. The third kappa shape index (κ3) is 4.42. The van der Waals surface area contributed by atoms with Gasteiger partial charge in [0.25, 0.3) is 0 Å². The van der Waals surface area contributed by atoms with Crippen molar-refractivity contribution in [1.29, 1.82) is 0 Å². The average molecular weight is 279 g/mol. The zero-order valence-corrected chi connectivity index (χ0v) is 11.9. The molecule has 0 bridgehead atoms. The summed E-state index contributed by atoms with van der Waals surface area (Å²) in [7, 11) is 1.34. The molecule has 1 N–H and O–H groups in total. The standard InChI is InChI=1S/C15H21NO4/c1-11-3-6-14(20-11)9-16-12-4-7-13(8-5-12)19-10-15(17)18-2/h4-5,7-8,11,14,16H,3,6,9-10H2,1-2H3. The van der Waals surface area contributed by atoms with Crippen molar-refractivity contribution in [2.24, 2.45) is 0 Å². The van der Waals surface area contributed by atoms with Crippen LogP contribution in [0.5, 0.6) is 5.75 Å². The van der Waals surface area contributed by atoms with E-state index in [-0.39, 0.29) is 12.6 Å². The maximum absolute atomic E-state index is 11.0. The molecule has 0 amide bonds. The fraction of sp³-hybridized carbons (Fsp3) is 0.533. The highest BCUT2D eigenvalue weighted by Crippen LogP contribution is 2.20. The van der Waals surface area contributed by atoms with Crippen LogP contribution in [0.1, 0.15) is 19.8 Å². The first-order valence-electron chi connectivity index (χ1n) is 6.86. The Morgan fingerprint density at radius 2 is 2.10 bits per heavy atom. The van der Waals surface area contributed by atoms with Crippen molar-refractivity contribution in [2.45, 2.75) is 32.0 Å². The van der Waals surface area contributed by atoms with E-state index < -0.39 is 0 Å². The van der Waals surface area contributed by atoms with Crippen molar-refractivity contribution >= 4 is 11.7 Å². The smallest absolute Gasteiger partial charge is 0.343 e. The molecule has 1 fully saturated rings. The van der Waals surface area contributed by atoms with Gasteiger partial charge >= 0.3 is 5.97 Å². The zero-order valence-electron chi connectivity index (χ0n) is 11.9. The van der Waals surface area contributed by atoms with Crippen molar-refractivity contribution in [2.75, 3.05) is 25.6 Å². The van der Waals surface area contributed by atoms with Gasteiger partial charge in [-0.2, -0.15) is 0 Å². The lowest BCUT2D eigenvalue weighted by Gasteiger charge is -2.13. The van der Waals surface area contributed by atoms with Crippen molar-refractivity contribution in [3.8, 4) is 5.75 Å². The van der Waals surface area contributed by atoms with E-state index in [2.05, 4.69) is 17.0 Å². The number of methoxy groups -OCH3 is 1. The number of carbonyl (C=O) groups is 1. The minimum Gasteiger partial charge on any atom is -0.482 e. The van der Waals surface area contributed by atoms with Crippen LogP contribution in [0.3, 0.4) is 0 Å². The molecule has 5 nitrogen and oxygen atoms in total. The quantitative estimate of drug-likeness (QED) is 0.809. The molecule has 1 aliphatic rings. The molecule has 2 unspecified atom stereocenters. The number of ether oxygens (including phenoxy) is 3. The van der Waals surface area contributed by atoms with Crippen LogP contribution in [0.15, 0.2) is 24.3 Å². The van der Waals surface area contributed by atoms with Gasteiger partial charge in [-0.25, -0.2) is 4.79 Å². The van der Waals surface area contributed by atoms with Crippen LogP contribution in [0.2, 0.25) is 0 Å². The van der Waals surface area contributed by atoms with Crippen LogP contribution in [0.25, 0.3) is 0 Å². The lowest BCUT2D eigenvalue weighted by Crippen LogP contribution is -2.19. The van der Waals surface area contributed by atoms with Crippen molar-refractivity contribution in [1.82, 2.24) is 0 Å². The molecule has 1 aromatic rings. The summed E-state index contributed by atoms with van der Waals surface area (Å²) >= 11 is 0. The number of hydrogen-bond acceptors (Lipinski definition) is 5. The molecule has 0 aromatic heterocycles. The monoisotopic (exact) mass is 279 g/mol. The Morgan fingerprint density at radius 1 is 1.35 bits per heavy atom. The van der Waals surface area contributed by atoms with E-state index in [0.717, 1.165) is 25.1 Å². The summed E-state index contributed by atoms with van der Waals surface area (Å²) in [5.41, 5.74) is 1.01. The van der Waals surface area contributed by atoms with Crippen LogP contribution in [0, 0.1) is 0 Å². The third-order valence-electron chi connectivity index (χ3n) is 3.29. The molecule has 2 rings (SSSR count). The van der Waals surface area contributed by atoms with E-state index in [4.69, 9.17) is 9.47 Å². The van der Waals surface area contributed by atoms with E-state index in [0.29, 0.717) is 18.0 Å². The fourth-order valence-corrected chi connectivity index (χ4v) is 2.14. The van der Waals surface area contributed by atoms with Gasteiger partial charge in [0.2, 0.25) is 0 Å². The van der Waals surface area contributed by atoms with E-state index >= 15 is 0 Å². The first-order valence-corrected chi connectivity index (χ1v) is 6.86. The van der Waals surface area contributed by atoms with Crippen LogP contribution in [-0.4, -0.2) is 38.4 Å². The normalized spacial score (nSPS) is 21.5. The highest BCUT2D eigenvalue weighted by Gasteiger charge is 2.21. The second-order valence-electron chi connectivity index (χ2n) is 4.92. The summed E-state index contributed by atoms with van der Waals surface area (Å²) in [5.74, 6) is 0.256. The van der Waals surface area contributed by atoms with Gasteiger partial charge in [-0.3, -0.25) is 0 Å². The molecule has 0 saturated carbocycles. The average Bonchev–Trinajstić information content (AvgIpc) is 2.89. The number of anilines is 1. The summed E-state index contributed by atoms with van der Waals surface area (Å²) in [4.78, 5) is 11.0. The van der Waals surface area contributed by atoms with E-state index in [1.165, 1.54) is 7.11 Å². The fourth-order valence-electron chi connectivity index (χ4n) is 2.14. The first kappa shape index (κ1) is 14.7. The molecule has 1 heterocycles. The summed E-state index contributed by atoms with van der Waals surface area (Å²) in [6.07, 6.45) is 2.90. The molecule has 1 saturated heterocycles. The SMILES string of the molecule is COC(=O)COc1ccc(NCC2CCC(C)O2)cc1. The largest absolute Gasteiger partial charge is 0.482 e. The number of esters is 1. The van der Waals surface area contributed by atoms with Crippen LogP contribution < -0.4 is 10.1 Å². The minimum absolute atomic E-state index is 0.0723. The molecule has 20 heavy (non-hydrogen) atoms. The van der Waals surface area contributed by atoms with Crippen molar-refractivity contribution < 1.29 is 19.0 Å². The van der Waals surface area contributed by atoms with Gasteiger partial charge in [-0.05, 0) is 44.0 Å². The topological polar surface area (TPSA) is 56.8 Å². The van der Waals surface area contributed by atoms with Crippen LogP contribution in [0.4, 0.5) is 5.69 Å². The van der Waals surface area contributed by atoms with Gasteiger partial charge in [0.05, 0.1) is 19.3 Å². The lowest BCUT2D eigenvalue weighted by atomic mass is 10.2. The Balaban J connectivity index is 1.75. The molecule has 1 aliphatic heterocycles. The number of rotatable bonds is 6. The predicted octanol–water partition coefficient (Wildman–Crippen LogP) is 2.22. The molecule has 0 radical (unpaired) electrons. The Labute approximate surface area is 119 Å². The molecule has 1 aromatic carbocycles. The molecule has 5 heteroatoms. The number of hydrogen-bond donors (Lipinski definition) is 1. The second-order valence-corrected chi connectivity index (χ2v) is 4.92. The Hall–Kier alpha value is -1.75. The molecular weight excluding hydrogens is 258 g/mol. The third-order valence-corrected chi connectivity index (χ3v) is 3.29. The summed E-state index contributed by atoms with van der Waals surface area (Å²) < 4.78 is 15.5. The van der Waals surface area contributed by atoms with E-state index in [1.807, 2.05) is 24.3 Å². The lowest BCUT2D eigenvalue weighted by molar-refractivity contribution is -0.142. The number of carbonyl (C=O) groups excluding carboxylic acids is 1. The Kier molecular flexibility index (Phi) is 5.24. The maximum atomic E-state index is 11.0. The van der Waals surface area contributed by atoms with Crippen molar-refractivity contribution in [3.05, 3.63) is 24.3 Å². The molecule has 0 spiro atoms. The molecule has 0 aliphatic carbocycles. The highest BCUT2D eigenvalue weighted by molar-refractivity contribution is 5.70. The Morgan fingerprint density at radius 3 is 2.70 bits per heavy atom. The minimum atomic E-state index is -0.389. The van der Waals surface area contributed by atoms with Gasteiger partial charge in [0.15, 0.2) is 6.61 Å². The van der Waals surface area contributed by atoms with Gasteiger partial charge in [-0.15, -0.1) is 0 Å². The van der Waals surface area contributed by atoms with Crippen LogP contribution in [-0.2, 0) is 14.3 Å². The van der Waals surface area contributed by atoms with Crippen molar-refractivity contribution in [3.63, 3.8) is 0 Å². The maximum Gasteiger partial charge on any atom is 0.343 e. The summed E-state index contributed by atoms with van der Waals surface area (Å²) in [6.45, 7) is 2.84. The molecular formula is C15H21NO4.